The number of carbonyl (C=O) groups is 2. The minimum Gasteiger partial charge on any atom is -0.438 e. The maximum atomic E-state index is 14.1. The number of hydrogen-bond donors (Lipinski definition) is 1. The molecule has 1 N–H and O–H groups in total. The third kappa shape index (κ3) is 18.7. The molecule has 0 aliphatic heterocycles. The van der Waals surface area contributed by atoms with Gasteiger partial charge in [-0.15, -0.1) is 0 Å². The molecule has 0 aliphatic rings. The normalized spacial score (nSPS) is 14.4. The molecule has 1 aromatic rings. The van der Waals surface area contributed by atoms with Gasteiger partial charge in [-0.3, -0.25) is 37.5 Å². The van der Waals surface area contributed by atoms with Crippen LogP contribution in [0.15, 0.2) is 33.7 Å². The standard InChI is InChI=1S/C34H58N4O14P2/c1-25(2)38(26(3)4)53(48-17-12-15-35)49-21-27(52-29(22-45-19-18-44-11)37-16-13-28(39)36-32(37)42)14-20-54(43,50-23-46-30(40)33(5,6)7)51-24-47-31(41)34(8,9)10/h13-14,16,20,25-27,29H,12,17-19,21-24H2,1-11H3,(H,36,39,42)/b20-14+/t27-,29-,53?/m1/s1. The molecule has 20 heteroatoms. The van der Waals surface area contributed by atoms with Crippen molar-refractivity contribution in [2.75, 3.05) is 53.7 Å². The Balaban J connectivity index is 3.66. The molecule has 54 heavy (non-hydrogen) atoms. The van der Waals surface area contributed by atoms with Crippen molar-refractivity contribution in [3.63, 3.8) is 0 Å². The van der Waals surface area contributed by atoms with Crippen LogP contribution in [-0.4, -0.2) is 98.1 Å². The first kappa shape index (κ1) is 49.2. The monoisotopic (exact) mass is 808 g/mol. The maximum Gasteiger partial charge on any atom is 0.359 e. The quantitative estimate of drug-likeness (QED) is 0.0581. The summed E-state index contributed by atoms with van der Waals surface area (Å²) in [6.07, 6.45) is 0.298. The summed E-state index contributed by atoms with van der Waals surface area (Å²) in [5, 5.41) is 9.13. The lowest BCUT2D eigenvalue weighted by molar-refractivity contribution is -0.161. The summed E-state index contributed by atoms with van der Waals surface area (Å²) in [7, 11) is -4.67. The number of carbonyl (C=O) groups excluding carboxylic acids is 2. The van der Waals surface area contributed by atoms with Gasteiger partial charge in [0.15, 0.2) is 6.23 Å². The Morgan fingerprint density at radius 3 is 2.00 bits per heavy atom. The summed E-state index contributed by atoms with van der Waals surface area (Å²) in [6, 6.07) is 3.10. The molecule has 0 radical (unpaired) electrons. The Kier molecular flexibility index (Phi) is 21.8. The molecule has 3 atom stereocenters. The number of rotatable bonds is 25. The summed E-state index contributed by atoms with van der Waals surface area (Å²) in [5.74, 6) is -0.255. The summed E-state index contributed by atoms with van der Waals surface area (Å²) in [6.45, 7) is 16.0. The van der Waals surface area contributed by atoms with Crippen LogP contribution in [0.4, 0.5) is 0 Å². The van der Waals surface area contributed by atoms with Crippen molar-refractivity contribution in [3.8, 4) is 6.07 Å². The Labute approximate surface area is 318 Å². The van der Waals surface area contributed by atoms with Crippen molar-refractivity contribution in [2.24, 2.45) is 10.8 Å². The van der Waals surface area contributed by atoms with Gasteiger partial charge in [-0.05, 0) is 75.3 Å². The van der Waals surface area contributed by atoms with Gasteiger partial charge in [0.25, 0.3) is 14.1 Å². The second-order valence-corrected chi connectivity index (χ2v) is 17.6. The number of nitrogens with zero attached hydrogens (tertiary/aromatic N) is 3. The lowest BCUT2D eigenvalue weighted by atomic mass is 9.98. The van der Waals surface area contributed by atoms with E-state index in [0.29, 0.717) is 0 Å². The van der Waals surface area contributed by atoms with Crippen LogP contribution in [0.25, 0.3) is 0 Å². The number of hydrogen-bond acceptors (Lipinski definition) is 16. The van der Waals surface area contributed by atoms with Gasteiger partial charge < -0.3 is 32.7 Å². The molecule has 0 spiro atoms. The summed E-state index contributed by atoms with van der Waals surface area (Å²) < 4.78 is 67.7. The zero-order valence-corrected chi connectivity index (χ0v) is 35.0. The molecular formula is C34H58N4O14P2. The van der Waals surface area contributed by atoms with Crippen molar-refractivity contribution < 1.29 is 55.9 Å². The molecule has 308 valence electrons. The van der Waals surface area contributed by atoms with Crippen LogP contribution in [0.1, 0.15) is 81.9 Å². The van der Waals surface area contributed by atoms with E-state index < -0.39 is 76.1 Å². The van der Waals surface area contributed by atoms with E-state index in [1.807, 2.05) is 38.4 Å². The number of nitriles is 1. The van der Waals surface area contributed by atoms with Gasteiger partial charge >= 0.3 is 25.2 Å². The molecule has 1 aromatic heterocycles. The number of ether oxygens (including phenoxy) is 5. The van der Waals surface area contributed by atoms with Crippen LogP contribution < -0.4 is 11.2 Å². The lowest BCUT2D eigenvalue weighted by Gasteiger charge is -2.36. The zero-order chi connectivity index (χ0) is 41.1. The van der Waals surface area contributed by atoms with Gasteiger partial charge in [0, 0.05) is 37.3 Å². The fraction of sp³-hybridized carbons (Fsp3) is 0.735. The molecule has 1 unspecified atom stereocenters. The highest BCUT2D eigenvalue weighted by atomic mass is 31.2. The smallest absolute Gasteiger partial charge is 0.359 e. The largest absolute Gasteiger partial charge is 0.438 e. The maximum absolute atomic E-state index is 14.1. The van der Waals surface area contributed by atoms with E-state index in [1.54, 1.807) is 41.5 Å². The molecule has 0 saturated carbocycles. The molecule has 0 amide bonds. The Morgan fingerprint density at radius 1 is 0.944 bits per heavy atom. The summed E-state index contributed by atoms with van der Waals surface area (Å²) in [5.41, 5.74) is -3.21. The van der Waals surface area contributed by atoms with Crippen molar-refractivity contribution in [1.29, 1.82) is 5.26 Å². The highest BCUT2D eigenvalue weighted by molar-refractivity contribution is 7.57. The van der Waals surface area contributed by atoms with Gasteiger partial charge in [0.05, 0.1) is 56.4 Å². The first-order valence-corrected chi connectivity index (χ1v) is 20.1. The Hall–Kier alpha value is -2.81. The minimum atomic E-state index is -4.38. The first-order valence-electron chi connectivity index (χ1n) is 17.3. The SMILES string of the molecule is COCCOC[C@@H](O[C@H](/C=C/P(=O)(OCOC(=O)C(C)(C)C)OCOC(=O)C(C)(C)C)COP(OCCC#N)N(C(C)C)C(C)C)n1ccc(=O)[nH]c1=O. The van der Waals surface area contributed by atoms with Crippen molar-refractivity contribution in [2.45, 2.75) is 100 Å². The predicted molar refractivity (Wildman–Crippen MR) is 199 cm³/mol. The van der Waals surface area contributed by atoms with Crippen LogP contribution in [-0.2, 0) is 55.9 Å². The number of methoxy groups -OCH3 is 1. The molecule has 0 aliphatic carbocycles. The van der Waals surface area contributed by atoms with Gasteiger partial charge in [-0.2, -0.15) is 5.26 Å². The predicted octanol–water partition coefficient (Wildman–Crippen LogP) is 5.21. The zero-order valence-electron chi connectivity index (χ0n) is 33.2. The van der Waals surface area contributed by atoms with E-state index in [9.17, 15) is 23.7 Å². The average molecular weight is 809 g/mol. The van der Waals surface area contributed by atoms with E-state index in [0.717, 1.165) is 16.5 Å². The highest BCUT2D eigenvalue weighted by Crippen LogP contribution is 2.51. The van der Waals surface area contributed by atoms with Crippen LogP contribution in [0.3, 0.4) is 0 Å². The summed E-state index contributed by atoms with van der Waals surface area (Å²) in [4.78, 5) is 51.7. The Morgan fingerprint density at radius 2 is 1.52 bits per heavy atom. The number of H-pyrrole nitrogens is 1. The van der Waals surface area contributed by atoms with Gasteiger partial charge in [0.1, 0.15) is 6.10 Å². The second-order valence-electron chi connectivity index (χ2n) is 14.3. The van der Waals surface area contributed by atoms with Crippen molar-refractivity contribution in [3.05, 3.63) is 45.0 Å². The fourth-order valence-electron chi connectivity index (χ4n) is 4.02. The molecular weight excluding hydrogens is 750 g/mol. The number of aromatic amines is 1. The second kappa shape index (κ2) is 24.0. The average Bonchev–Trinajstić information content (AvgIpc) is 3.06. The lowest BCUT2D eigenvalue weighted by Crippen LogP contribution is -2.37. The number of aromatic nitrogens is 2. The van der Waals surface area contributed by atoms with Gasteiger partial charge in [-0.1, -0.05) is 0 Å². The topological polar surface area (TPSA) is 216 Å². The van der Waals surface area contributed by atoms with Crippen molar-refractivity contribution >= 4 is 28.1 Å². The van der Waals surface area contributed by atoms with E-state index >= 15 is 0 Å². The molecule has 0 fully saturated rings. The molecule has 0 saturated heterocycles. The van der Waals surface area contributed by atoms with E-state index in [4.69, 9.17) is 47.0 Å². The highest BCUT2D eigenvalue weighted by Gasteiger charge is 2.31. The molecule has 0 bridgehead atoms. The van der Waals surface area contributed by atoms with Crippen LogP contribution >= 0.6 is 16.1 Å². The third-order valence-corrected chi connectivity index (χ3v) is 10.3. The van der Waals surface area contributed by atoms with E-state index in [2.05, 4.69) is 4.98 Å². The third-order valence-electron chi connectivity index (χ3n) is 6.75. The number of nitrogens with one attached hydrogen (secondary N) is 1. The molecule has 18 nitrogen and oxygen atoms in total. The van der Waals surface area contributed by atoms with Gasteiger partial charge in [0.2, 0.25) is 13.6 Å². The summed E-state index contributed by atoms with van der Waals surface area (Å²) >= 11 is 0. The van der Waals surface area contributed by atoms with Gasteiger partial charge in [-0.25, -0.2) is 9.46 Å². The molecule has 1 rings (SSSR count). The fourth-order valence-corrected chi connectivity index (χ4v) is 6.69. The van der Waals surface area contributed by atoms with Crippen LogP contribution in [0, 0.1) is 22.2 Å². The first-order chi connectivity index (χ1) is 25.1. The van der Waals surface area contributed by atoms with Crippen LogP contribution in [0.5, 0.6) is 0 Å². The van der Waals surface area contributed by atoms with Crippen molar-refractivity contribution in [1.82, 2.24) is 14.2 Å². The molecule has 1 heterocycles. The number of esters is 2. The Bertz CT molecular complexity index is 1480. The van der Waals surface area contributed by atoms with Crippen LogP contribution in [0.2, 0.25) is 0 Å². The van der Waals surface area contributed by atoms with E-state index in [-0.39, 0.29) is 51.5 Å². The molecule has 0 aromatic carbocycles. The van der Waals surface area contributed by atoms with E-state index in [1.165, 1.54) is 19.4 Å². The minimum absolute atomic E-state index is 0.0385.